The second-order valence-electron chi connectivity index (χ2n) is 7.14. The molecule has 172 valence electrons. The predicted octanol–water partition coefficient (Wildman–Crippen LogP) is 3.70. The van der Waals surface area contributed by atoms with Gasteiger partial charge in [-0.2, -0.15) is 0 Å². The number of para-hydroxylation sites is 2. The number of aryl methyl sites for hydroxylation is 1. The Hall–Kier alpha value is -4.27. The number of benzene rings is 2. The maximum absolute atomic E-state index is 12.8. The van der Waals surface area contributed by atoms with Crippen LogP contribution in [0.15, 0.2) is 48.5 Å². The first-order valence-corrected chi connectivity index (χ1v) is 10.1. The zero-order valence-corrected chi connectivity index (χ0v) is 18.8. The van der Waals surface area contributed by atoms with Crippen LogP contribution >= 0.6 is 0 Å². The van der Waals surface area contributed by atoms with Crippen LogP contribution in [-0.4, -0.2) is 43.6 Å². The SMILES string of the molecule is COC(=O)c1c(C)[nH]c(C(=O)Nc2cccc(NC(=O)COc3ccccc3OC)c2)c1C. The lowest BCUT2D eigenvalue weighted by atomic mass is 10.1. The largest absolute Gasteiger partial charge is 0.493 e. The molecule has 0 aliphatic rings. The molecule has 0 atom stereocenters. The van der Waals surface area contributed by atoms with E-state index in [1.807, 2.05) is 0 Å². The molecule has 0 radical (unpaired) electrons. The van der Waals surface area contributed by atoms with E-state index < -0.39 is 11.9 Å². The molecule has 9 heteroatoms. The number of anilines is 2. The highest BCUT2D eigenvalue weighted by molar-refractivity contribution is 6.07. The Labute approximate surface area is 191 Å². The average molecular weight is 451 g/mol. The Morgan fingerprint density at radius 3 is 2.24 bits per heavy atom. The number of carbonyl (C=O) groups is 3. The molecule has 3 rings (SSSR count). The van der Waals surface area contributed by atoms with Gasteiger partial charge in [-0.05, 0) is 49.7 Å². The maximum Gasteiger partial charge on any atom is 0.339 e. The van der Waals surface area contributed by atoms with Crippen molar-refractivity contribution in [3.05, 3.63) is 71.0 Å². The van der Waals surface area contributed by atoms with Gasteiger partial charge in [0.25, 0.3) is 11.8 Å². The minimum atomic E-state index is -0.514. The molecular weight excluding hydrogens is 426 g/mol. The van der Waals surface area contributed by atoms with Crippen LogP contribution < -0.4 is 20.1 Å². The Morgan fingerprint density at radius 1 is 0.909 bits per heavy atom. The van der Waals surface area contributed by atoms with E-state index in [0.29, 0.717) is 39.7 Å². The third-order valence-corrected chi connectivity index (χ3v) is 4.89. The zero-order valence-electron chi connectivity index (χ0n) is 18.8. The summed E-state index contributed by atoms with van der Waals surface area (Å²) < 4.78 is 15.5. The molecule has 0 aliphatic heterocycles. The van der Waals surface area contributed by atoms with E-state index in [2.05, 4.69) is 15.6 Å². The van der Waals surface area contributed by atoms with Gasteiger partial charge in [-0.25, -0.2) is 4.79 Å². The summed E-state index contributed by atoms with van der Waals surface area (Å²) in [6, 6.07) is 13.7. The van der Waals surface area contributed by atoms with Gasteiger partial charge in [0.2, 0.25) is 0 Å². The summed E-state index contributed by atoms with van der Waals surface area (Å²) >= 11 is 0. The van der Waals surface area contributed by atoms with Crippen molar-refractivity contribution in [2.45, 2.75) is 13.8 Å². The van der Waals surface area contributed by atoms with Crippen molar-refractivity contribution >= 4 is 29.2 Å². The lowest BCUT2D eigenvalue weighted by Gasteiger charge is -2.11. The molecule has 3 aromatic rings. The van der Waals surface area contributed by atoms with Crippen LogP contribution in [0.5, 0.6) is 11.5 Å². The molecule has 3 N–H and O–H groups in total. The first-order valence-electron chi connectivity index (χ1n) is 10.1. The summed E-state index contributed by atoms with van der Waals surface area (Å²) in [4.78, 5) is 39.9. The first kappa shape index (κ1) is 23.4. The van der Waals surface area contributed by atoms with E-state index in [1.165, 1.54) is 14.2 Å². The number of amides is 2. The van der Waals surface area contributed by atoms with Crippen LogP contribution in [-0.2, 0) is 9.53 Å². The second-order valence-corrected chi connectivity index (χ2v) is 7.14. The highest BCUT2D eigenvalue weighted by Gasteiger charge is 2.22. The Morgan fingerprint density at radius 2 is 1.58 bits per heavy atom. The average Bonchev–Trinajstić information content (AvgIpc) is 3.11. The van der Waals surface area contributed by atoms with E-state index in [9.17, 15) is 14.4 Å². The minimum absolute atomic E-state index is 0.214. The summed E-state index contributed by atoms with van der Waals surface area (Å²) in [5.74, 6) is -0.323. The number of aromatic nitrogens is 1. The topological polar surface area (TPSA) is 119 Å². The smallest absolute Gasteiger partial charge is 0.339 e. The van der Waals surface area contributed by atoms with Crippen molar-refractivity contribution in [2.75, 3.05) is 31.5 Å². The highest BCUT2D eigenvalue weighted by Crippen LogP contribution is 2.26. The van der Waals surface area contributed by atoms with Crippen molar-refractivity contribution < 1.29 is 28.6 Å². The van der Waals surface area contributed by atoms with Crippen LogP contribution in [0.3, 0.4) is 0 Å². The molecule has 0 saturated heterocycles. The van der Waals surface area contributed by atoms with E-state index in [4.69, 9.17) is 14.2 Å². The van der Waals surface area contributed by atoms with Crippen LogP contribution in [0, 0.1) is 13.8 Å². The van der Waals surface area contributed by atoms with Crippen molar-refractivity contribution in [3.63, 3.8) is 0 Å². The lowest BCUT2D eigenvalue weighted by molar-refractivity contribution is -0.118. The molecule has 1 heterocycles. The molecule has 2 aromatic carbocycles. The number of methoxy groups -OCH3 is 2. The van der Waals surface area contributed by atoms with Crippen LogP contribution in [0.1, 0.15) is 32.1 Å². The first-order chi connectivity index (χ1) is 15.8. The van der Waals surface area contributed by atoms with Gasteiger partial charge < -0.3 is 29.8 Å². The van der Waals surface area contributed by atoms with Gasteiger partial charge >= 0.3 is 5.97 Å². The maximum atomic E-state index is 12.8. The highest BCUT2D eigenvalue weighted by atomic mass is 16.5. The second kappa shape index (κ2) is 10.4. The summed E-state index contributed by atoms with van der Waals surface area (Å²) in [7, 11) is 2.81. The van der Waals surface area contributed by atoms with Gasteiger partial charge in [-0.1, -0.05) is 18.2 Å². The summed E-state index contributed by atoms with van der Waals surface area (Å²) in [5.41, 5.74) is 2.58. The molecule has 2 amide bonds. The predicted molar refractivity (Wildman–Crippen MR) is 123 cm³/mol. The van der Waals surface area contributed by atoms with Crippen LogP contribution in [0.2, 0.25) is 0 Å². The fraction of sp³-hybridized carbons (Fsp3) is 0.208. The Bertz CT molecular complexity index is 1180. The molecule has 0 saturated carbocycles. The van der Waals surface area contributed by atoms with Gasteiger partial charge in [0, 0.05) is 17.1 Å². The van der Waals surface area contributed by atoms with Crippen LogP contribution in [0.4, 0.5) is 11.4 Å². The number of ether oxygens (including phenoxy) is 3. The minimum Gasteiger partial charge on any atom is -0.493 e. The number of carbonyl (C=O) groups excluding carboxylic acids is 3. The van der Waals surface area contributed by atoms with Gasteiger partial charge in [0.1, 0.15) is 5.69 Å². The number of nitrogens with one attached hydrogen (secondary N) is 3. The number of rotatable bonds is 8. The summed E-state index contributed by atoms with van der Waals surface area (Å²) in [6.45, 7) is 3.15. The molecular formula is C24H25N3O6. The lowest BCUT2D eigenvalue weighted by Crippen LogP contribution is -2.20. The fourth-order valence-electron chi connectivity index (χ4n) is 3.33. The number of H-pyrrole nitrogens is 1. The number of hydrogen-bond donors (Lipinski definition) is 3. The van der Waals surface area contributed by atoms with E-state index in [0.717, 1.165) is 0 Å². The molecule has 0 bridgehead atoms. The van der Waals surface area contributed by atoms with Gasteiger partial charge in [0.05, 0.1) is 19.8 Å². The van der Waals surface area contributed by atoms with Crippen molar-refractivity contribution in [1.82, 2.24) is 4.98 Å². The van der Waals surface area contributed by atoms with Crippen molar-refractivity contribution in [3.8, 4) is 11.5 Å². The molecule has 33 heavy (non-hydrogen) atoms. The zero-order chi connectivity index (χ0) is 24.0. The Kier molecular flexibility index (Phi) is 7.34. The van der Waals surface area contributed by atoms with E-state index >= 15 is 0 Å². The number of hydrogen-bond acceptors (Lipinski definition) is 6. The monoisotopic (exact) mass is 451 g/mol. The standard InChI is InChI=1S/C24H25N3O6/c1-14-21(24(30)32-4)15(2)25-22(14)23(29)27-17-9-7-8-16(12-17)26-20(28)13-33-19-11-6-5-10-18(19)31-3/h5-12,25H,13H2,1-4H3,(H,26,28)(H,27,29). The third kappa shape index (κ3) is 5.51. The van der Waals surface area contributed by atoms with E-state index in [-0.39, 0.29) is 18.2 Å². The summed E-state index contributed by atoms with van der Waals surface area (Å²) in [5, 5.41) is 5.49. The number of aromatic amines is 1. The molecule has 9 nitrogen and oxygen atoms in total. The quantitative estimate of drug-likeness (QED) is 0.450. The fourth-order valence-corrected chi connectivity index (χ4v) is 3.33. The Balaban J connectivity index is 1.64. The third-order valence-electron chi connectivity index (χ3n) is 4.89. The molecule has 0 aliphatic carbocycles. The molecule has 1 aromatic heterocycles. The van der Waals surface area contributed by atoms with E-state index in [1.54, 1.807) is 62.4 Å². The van der Waals surface area contributed by atoms with Crippen molar-refractivity contribution in [1.29, 1.82) is 0 Å². The summed E-state index contributed by atoms with van der Waals surface area (Å²) in [6.07, 6.45) is 0. The van der Waals surface area contributed by atoms with Gasteiger partial charge in [-0.15, -0.1) is 0 Å². The van der Waals surface area contributed by atoms with Gasteiger partial charge in [-0.3, -0.25) is 9.59 Å². The molecule has 0 spiro atoms. The van der Waals surface area contributed by atoms with Crippen LogP contribution in [0.25, 0.3) is 0 Å². The molecule has 0 unspecified atom stereocenters. The molecule has 0 fully saturated rings. The van der Waals surface area contributed by atoms with Gasteiger partial charge in [0.15, 0.2) is 18.1 Å². The van der Waals surface area contributed by atoms with Crippen molar-refractivity contribution in [2.24, 2.45) is 0 Å². The normalized spacial score (nSPS) is 10.3. The number of esters is 1.